The fourth-order valence-electron chi connectivity index (χ4n) is 3.71. The molecule has 196 valence electrons. The molecule has 0 radical (unpaired) electrons. The van der Waals surface area contributed by atoms with E-state index in [4.69, 9.17) is 22.1 Å². The van der Waals surface area contributed by atoms with Gasteiger partial charge in [0.05, 0.1) is 25.0 Å². The number of benzene rings is 3. The van der Waals surface area contributed by atoms with Crippen molar-refractivity contribution in [3.8, 4) is 12.1 Å². The lowest BCUT2D eigenvalue weighted by Gasteiger charge is -2.23. The van der Waals surface area contributed by atoms with Crippen LogP contribution in [0.2, 0.25) is 5.02 Å². The van der Waals surface area contributed by atoms with E-state index in [1.807, 2.05) is 60.4 Å². The summed E-state index contributed by atoms with van der Waals surface area (Å²) < 4.78 is 0. The molecule has 0 spiro atoms. The van der Waals surface area contributed by atoms with Gasteiger partial charge in [0.25, 0.3) is 5.91 Å². The number of nitriles is 2. The standard InChI is InChI=1S/C31H28ClN5O2/c1-23-21-28(37(19-5-17-33)20-6-18-34)15-10-25(23)22-29(31(39)35-27-13-11-26(32)12-14-27)36-30(38)16-9-24-7-3-2-4-8-24/h2-4,7-16,21-22H,5-6,19-20H2,1H3,(H,35,39)(H,36,38)/b16-9+,29-22+. The number of halogens is 1. The van der Waals surface area contributed by atoms with Gasteiger partial charge < -0.3 is 15.5 Å². The maximum Gasteiger partial charge on any atom is 0.272 e. The number of nitrogens with zero attached hydrogens (tertiary/aromatic N) is 3. The number of hydrogen-bond donors (Lipinski definition) is 2. The van der Waals surface area contributed by atoms with E-state index >= 15 is 0 Å². The Kier molecular flexibility index (Phi) is 10.9. The van der Waals surface area contributed by atoms with E-state index in [1.165, 1.54) is 6.08 Å². The summed E-state index contributed by atoms with van der Waals surface area (Å²) in [5.41, 5.74) is 3.91. The Morgan fingerprint density at radius 1 is 0.949 bits per heavy atom. The molecule has 0 aliphatic rings. The number of carbonyl (C=O) groups is 2. The van der Waals surface area contributed by atoms with Crippen LogP contribution in [0, 0.1) is 29.6 Å². The van der Waals surface area contributed by atoms with Gasteiger partial charge in [0.15, 0.2) is 0 Å². The zero-order valence-electron chi connectivity index (χ0n) is 21.5. The molecule has 0 fully saturated rings. The molecule has 0 aliphatic heterocycles. The molecule has 0 saturated carbocycles. The van der Waals surface area contributed by atoms with Crippen LogP contribution in [0.4, 0.5) is 11.4 Å². The highest BCUT2D eigenvalue weighted by molar-refractivity contribution is 6.30. The third kappa shape index (κ3) is 9.19. The average Bonchev–Trinajstić information content (AvgIpc) is 2.94. The second-order valence-corrected chi connectivity index (χ2v) is 9.03. The molecule has 7 nitrogen and oxygen atoms in total. The van der Waals surface area contributed by atoms with Gasteiger partial charge in [-0.3, -0.25) is 9.59 Å². The molecular formula is C31H28ClN5O2. The molecule has 39 heavy (non-hydrogen) atoms. The van der Waals surface area contributed by atoms with Crippen molar-refractivity contribution in [2.75, 3.05) is 23.3 Å². The molecular weight excluding hydrogens is 510 g/mol. The van der Waals surface area contributed by atoms with Crippen LogP contribution in [0.3, 0.4) is 0 Å². The van der Waals surface area contributed by atoms with Crippen LogP contribution in [0.1, 0.15) is 29.5 Å². The molecule has 3 aromatic carbocycles. The van der Waals surface area contributed by atoms with Crippen molar-refractivity contribution in [3.63, 3.8) is 0 Å². The summed E-state index contributed by atoms with van der Waals surface area (Å²) in [7, 11) is 0. The van der Waals surface area contributed by atoms with Crippen LogP contribution in [0.15, 0.2) is 84.6 Å². The predicted molar refractivity (Wildman–Crippen MR) is 156 cm³/mol. The van der Waals surface area contributed by atoms with Gasteiger partial charge in [0, 0.05) is 35.6 Å². The van der Waals surface area contributed by atoms with E-state index in [0.29, 0.717) is 36.6 Å². The maximum atomic E-state index is 13.2. The number of rotatable bonds is 11. The number of aryl methyl sites for hydroxylation is 1. The summed E-state index contributed by atoms with van der Waals surface area (Å²) in [6.07, 6.45) is 5.33. The summed E-state index contributed by atoms with van der Waals surface area (Å²) in [6.45, 7) is 2.91. The first-order chi connectivity index (χ1) is 18.9. The van der Waals surface area contributed by atoms with Crippen LogP contribution in [0.5, 0.6) is 0 Å². The molecule has 0 unspecified atom stereocenters. The number of nitrogens with one attached hydrogen (secondary N) is 2. The van der Waals surface area contributed by atoms with Crippen LogP contribution >= 0.6 is 11.6 Å². The Bertz CT molecular complexity index is 1420. The highest BCUT2D eigenvalue weighted by Crippen LogP contribution is 2.22. The number of anilines is 2. The SMILES string of the molecule is Cc1cc(N(CCC#N)CCC#N)ccc1/C=C(/NC(=O)/C=C/c1ccccc1)C(=O)Nc1ccc(Cl)cc1. The number of carbonyl (C=O) groups excluding carboxylic acids is 2. The highest BCUT2D eigenvalue weighted by Gasteiger charge is 2.14. The van der Waals surface area contributed by atoms with Crippen LogP contribution < -0.4 is 15.5 Å². The average molecular weight is 538 g/mol. The van der Waals surface area contributed by atoms with Crippen molar-refractivity contribution in [1.29, 1.82) is 10.5 Å². The lowest BCUT2D eigenvalue weighted by Crippen LogP contribution is -2.29. The van der Waals surface area contributed by atoms with Crippen molar-refractivity contribution in [3.05, 3.63) is 106 Å². The van der Waals surface area contributed by atoms with Crippen LogP contribution in [0.25, 0.3) is 12.2 Å². The van der Waals surface area contributed by atoms with E-state index in [9.17, 15) is 9.59 Å². The van der Waals surface area contributed by atoms with Crippen molar-refractivity contribution < 1.29 is 9.59 Å². The Labute approximate surface area is 233 Å². The molecule has 0 aromatic heterocycles. The first kappa shape index (κ1) is 28.7. The highest BCUT2D eigenvalue weighted by atomic mass is 35.5. The van der Waals surface area contributed by atoms with Crippen molar-refractivity contribution >= 4 is 46.9 Å². The minimum absolute atomic E-state index is 0.0642. The smallest absolute Gasteiger partial charge is 0.272 e. The van der Waals surface area contributed by atoms with Crippen molar-refractivity contribution in [1.82, 2.24) is 5.32 Å². The second-order valence-electron chi connectivity index (χ2n) is 8.60. The quantitative estimate of drug-likeness (QED) is 0.288. The molecule has 2 amide bonds. The van der Waals surface area contributed by atoms with Gasteiger partial charge >= 0.3 is 0 Å². The summed E-state index contributed by atoms with van der Waals surface area (Å²) in [5, 5.41) is 24.0. The molecule has 3 rings (SSSR count). The Morgan fingerprint density at radius 3 is 2.23 bits per heavy atom. The van der Waals surface area contributed by atoms with Gasteiger partial charge in [-0.1, -0.05) is 48.0 Å². The summed E-state index contributed by atoms with van der Waals surface area (Å²) in [4.78, 5) is 27.9. The first-order valence-electron chi connectivity index (χ1n) is 12.3. The zero-order chi connectivity index (χ0) is 28.0. The monoisotopic (exact) mass is 537 g/mol. The van der Waals surface area contributed by atoms with Gasteiger partial charge in [-0.25, -0.2) is 0 Å². The fourth-order valence-corrected chi connectivity index (χ4v) is 3.84. The summed E-state index contributed by atoms with van der Waals surface area (Å²) >= 11 is 5.96. The van der Waals surface area contributed by atoms with E-state index in [1.54, 1.807) is 36.4 Å². The van der Waals surface area contributed by atoms with Gasteiger partial charge in [-0.2, -0.15) is 10.5 Å². The minimum atomic E-state index is -0.494. The lowest BCUT2D eigenvalue weighted by molar-refractivity contribution is -0.118. The summed E-state index contributed by atoms with van der Waals surface area (Å²) in [6, 6.07) is 26.0. The molecule has 2 N–H and O–H groups in total. The molecule has 0 bridgehead atoms. The normalized spacial score (nSPS) is 10.9. The van der Waals surface area contributed by atoms with E-state index in [2.05, 4.69) is 22.8 Å². The van der Waals surface area contributed by atoms with Crippen molar-refractivity contribution in [2.45, 2.75) is 19.8 Å². The third-order valence-electron chi connectivity index (χ3n) is 5.74. The first-order valence-corrected chi connectivity index (χ1v) is 12.7. The van der Waals surface area contributed by atoms with Crippen molar-refractivity contribution in [2.24, 2.45) is 0 Å². The zero-order valence-corrected chi connectivity index (χ0v) is 22.3. The van der Waals surface area contributed by atoms with Gasteiger partial charge in [0.2, 0.25) is 5.91 Å². The molecule has 0 aliphatic carbocycles. The second kappa shape index (κ2) is 14.8. The van der Waals surface area contributed by atoms with Crippen LogP contribution in [-0.2, 0) is 9.59 Å². The molecule has 0 saturated heterocycles. The van der Waals surface area contributed by atoms with Gasteiger partial charge in [-0.05, 0) is 72.2 Å². The third-order valence-corrected chi connectivity index (χ3v) is 5.99. The topological polar surface area (TPSA) is 109 Å². The van der Waals surface area contributed by atoms with Gasteiger partial charge in [0.1, 0.15) is 5.70 Å². The Balaban J connectivity index is 1.89. The van der Waals surface area contributed by atoms with E-state index in [-0.39, 0.29) is 5.70 Å². The van der Waals surface area contributed by atoms with Gasteiger partial charge in [-0.15, -0.1) is 0 Å². The minimum Gasteiger partial charge on any atom is -0.369 e. The summed E-state index contributed by atoms with van der Waals surface area (Å²) in [5.74, 6) is -0.947. The Hall–Kier alpha value is -4.85. The number of amides is 2. The molecule has 3 aromatic rings. The molecule has 0 heterocycles. The molecule has 8 heteroatoms. The Morgan fingerprint density at radius 2 is 1.62 bits per heavy atom. The van der Waals surface area contributed by atoms with E-state index in [0.717, 1.165) is 22.4 Å². The largest absolute Gasteiger partial charge is 0.369 e. The van der Waals surface area contributed by atoms with Crippen LogP contribution in [-0.4, -0.2) is 24.9 Å². The maximum absolute atomic E-state index is 13.2. The number of hydrogen-bond acceptors (Lipinski definition) is 5. The van der Waals surface area contributed by atoms with E-state index < -0.39 is 11.8 Å². The lowest BCUT2D eigenvalue weighted by atomic mass is 10.1. The predicted octanol–water partition coefficient (Wildman–Crippen LogP) is 6.09. The fraction of sp³-hybridized carbons (Fsp3) is 0.161. The molecule has 0 atom stereocenters.